The smallest absolute Gasteiger partial charge is 0.414 e. The largest absolute Gasteiger partial charge is 0.493 e. The molecular weight excluding hydrogens is 436 g/mol. The van der Waals surface area contributed by atoms with E-state index in [4.69, 9.17) is 29.3 Å². The van der Waals surface area contributed by atoms with E-state index in [1.807, 2.05) is 6.07 Å². The lowest BCUT2D eigenvalue weighted by atomic mass is 10.0. The molecule has 4 rings (SSSR count). The number of piperazine rings is 1. The van der Waals surface area contributed by atoms with E-state index in [0.717, 1.165) is 50.8 Å². The topological polar surface area (TPSA) is 99.5 Å². The van der Waals surface area contributed by atoms with Crippen LogP contribution in [0.5, 0.6) is 11.5 Å². The molecule has 1 aliphatic rings. The fourth-order valence-electron chi connectivity index (χ4n) is 4.01. The van der Waals surface area contributed by atoms with Crippen LogP contribution in [-0.4, -0.2) is 72.4 Å². The molecule has 34 heavy (non-hydrogen) atoms. The van der Waals surface area contributed by atoms with Gasteiger partial charge in [-0.25, -0.2) is 9.59 Å². The fraction of sp³-hybridized carbons (Fsp3) is 0.308. The second-order valence-corrected chi connectivity index (χ2v) is 7.99. The Hall–Kier alpha value is -3.62. The van der Waals surface area contributed by atoms with Crippen LogP contribution in [0.4, 0.5) is 0 Å². The summed E-state index contributed by atoms with van der Waals surface area (Å²) in [5.41, 5.74) is 2.69. The number of hydrogen-bond donors (Lipinski definition) is 2. The summed E-state index contributed by atoms with van der Waals surface area (Å²) in [6, 6.07) is 21.5. The van der Waals surface area contributed by atoms with Crippen molar-refractivity contribution in [2.75, 3.05) is 40.4 Å². The number of fused-ring (bicyclic) bond motifs is 1. The third kappa shape index (κ3) is 6.69. The van der Waals surface area contributed by atoms with Gasteiger partial charge in [0.05, 0.1) is 14.2 Å². The summed E-state index contributed by atoms with van der Waals surface area (Å²) in [5, 5.41) is 17.5. The molecule has 0 radical (unpaired) electrons. The summed E-state index contributed by atoms with van der Waals surface area (Å²) in [6.07, 6.45) is 0. The average molecular weight is 467 g/mol. The van der Waals surface area contributed by atoms with Crippen molar-refractivity contribution in [1.82, 2.24) is 9.80 Å². The Morgan fingerprint density at radius 1 is 0.765 bits per heavy atom. The van der Waals surface area contributed by atoms with Gasteiger partial charge in [0.15, 0.2) is 11.5 Å². The summed E-state index contributed by atoms with van der Waals surface area (Å²) >= 11 is 0. The van der Waals surface area contributed by atoms with E-state index in [9.17, 15) is 0 Å². The van der Waals surface area contributed by atoms with Gasteiger partial charge in [0, 0.05) is 39.3 Å². The van der Waals surface area contributed by atoms with Crippen molar-refractivity contribution in [3.05, 3.63) is 71.8 Å². The van der Waals surface area contributed by atoms with Gasteiger partial charge in [0.2, 0.25) is 0 Å². The highest BCUT2D eigenvalue weighted by Crippen LogP contribution is 2.28. The normalized spacial score (nSPS) is 14.2. The molecule has 1 heterocycles. The predicted molar refractivity (Wildman–Crippen MR) is 129 cm³/mol. The second kappa shape index (κ2) is 12.0. The molecular formula is C26H30N2O6. The Morgan fingerprint density at radius 3 is 1.97 bits per heavy atom. The lowest BCUT2D eigenvalue weighted by Crippen LogP contribution is -2.45. The first-order chi connectivity index (χ1) is 16.4. The average Bonchev–Trinajstić information content (AvgIpc) is 2.85. The molecule has 8 heteroatoms. The highest BCUT2D eigenvalue weighted by atomic mass is 16.5. The van der Waals surface area contributed by atoms with Gasteiger partial charge in [-0.15, -0.1) is 0 Å². The van der Waals surface area contributed by atoms with Gasteiger partial charge in [-0.1, -0.05) is 48.5 Å². The third-order valence-electron chi connectivity index (χ3n) is 5.78. The van der Waals surface area contributed by atoms with E-state index in [0.29, 0.717) is 0 Å². The van der Waals surface area contributed by atoms with Crippen molar-refractivity contribution in [3.8, 4) is 11.5 Å². The van der Waals surface area contributed by atoms with Crippen LogP contribution in [0.25, 0.3) is 10.8 Å². The molecule has 0 saturated carbocycles. The molecule has 0 atom stereocenters. The lowest BCUT2D eigenvalue weighted by molar-refractivity contribution is -0.159. The molecule has 1 fully saturated rings. The molecule has 0 aromatic heterocycles. The van der Waals surface area contributed by atoms with Crippen LogP contribution in [-0.2, 0) is 22.7 Å². The van der Waals surface area contributed by atoms with E-state index >= 15 is 0 Å². The molecule has 2 N–H and O–H groups in total. The summed E-state index contributed by atoms with van der Waals surface area (Å²) in [6.45, 7) is 6.32. The zero-order valence-electron chi connectivity index (χ0n) is 19.4. The van der Waals surface area contributed by atoms with Crippen LogP contribution < -0.4 is 9.47 Å². The molecule has 3 aromatic rings. The number of rotatable bonds is 6. The Morgan fingerprint density at radius 2 is 1.35 bits per heavy atom. The van der Waals surface area contributed by atoms with Gasteiger partial charge in [0.25, 0.3) is 0 Å². The van der Waals surface area contributed by atoms with E-state index in [1.54, 1.807) is 14.2 Å². The van der Waals surface area contributed by atoms with Crippen LogP contribution in [0, 0.1) is 0 Å². The van der Waals surface area contributed by atoms with Crippen LogP contribution in [0.3, 0.4) is 0 Å². The standard InChI is InChI=1S/C24H28N2O2.C2H2O4/c1-27-23-11-10-19(16-24(23)28-2)17-25-12-14-26(15-13-25)18-21-8-5-7-20-6-3-4-9-22(20)21;3-1(4)2(5)6/h3-11,16H,12-15,17-18H2,1-2H3;(H,3,4)(H,5,6). The fourth-order valence-corrected chi connectivity index (χ4v) is 4.01. The van der Waals surface area contributed by atoms with Crippen LogP contribution in [0.1, 0.15) is 11.1 Å². The molecule has 0 amide bonds. The molecule has 1 saturated heterocycles. The minimum absolute atomic E-state index is 0.783. The number of methoxy groups -OCH3 is 2. The molecule has 0 spiro atoms. The lowest BCUT2D eigenvalue weighted by Gasteiger charge is -2.35. The van der Waals surface area contributed by atoms with Crippen molar-refractivity contribution in [3.63, 3.8) is 0 Å². The minimum Gasteiger partial charge on any atom is -0.493 e. The minimum atomic E-state index is -1.82. The third-order valence-corrected chi connectivity index (χ3v) is 5.78. The number of carboxylic acid groups (broad SMARTS) is 2. The maximum atomic E-state index is 9.10. The number of nitrogens with zero attached hydrogens (tertiary/aromatic N) is 2. The van der Waals surface area contributed by atoms with Gasteiger partial charge < -0.3 is 19.7 Å². The van der Waals surface area contributed by atoms with Gasteiger partial charge in [0.1, 0.15) is 0 Å². The first-order valence-corrected chi connectivity index (χ1v) is 11.0. The van der Waals surface area contributed by atoms with Crippen LogP contribution in [0.2, 0.25) is 0 Å². The van der Waals surface area contributed by atoms with Crippen molar-refractivity contribution in [1.29, 1.82) is 0 Å². The van der Waals surface area contributed by atoms with E-state index < -0.39 is 11.9 Å². The SMILES string of the molecule is COc1ccc(CN2CCN(Cc3cccc4ccccc34)CC2)cc1OC.O=C(O)C(=O)O. The first-order valence-electron chi connectivity index (χ1n) is 11.0. The number of ether oxygens (including phenoxy) is 2. The molecule has 8 nitrogen and oxygen atoms in total. The number of aliphatic carboxylic acids is 2. The zero-order chi connectivity index (χ0) is 24.5. The summed E-state index contributed by atoms with van der Waals surface area (Å²) < 4.78 is 10.8. The maximum absolute atomic E-state index is 9.10. The number of carboxylic acids is 2. The van der Waals surface area contributed by atoms with Crippen LogP contribution in [0.15, 0.2) is 60.7 Å². The van der Waals surface area contributed by atoms with Gasteiger partial charge in [-0.05, 0) is 34.0 Å². The van der Waals surface area contributed by atoms with Gasteiger partial charge >= 0.3 is 11.9 Å². The number of carbonyl (C=O) groups is 2. The Kier molecular flexibility index (Phi) is 8.84. The molecule has 0 unspecified atom stereocenters. The van der Waals surface area contributed by atoms with Gasteiger partial charge in [-0.2, -0.15) is 0 Å². The Balaban J connectivity index is 0.000000481. The second-order valence-electron chi connectivity index (χ2n) is 7.99. The molecule has 180 valence electrons. The molecule has 0 bridgehead atoms. The highest BCUT2D eigenvalue weighted by molar-refractivity contribution is 6.27. The Labute approximate surface area is 198 Å². The molecule has 1 aliphatic heterocycles. The van der Waals surface area contributed by atoms with Crippen molar-refractivity contribution in [2.45, 2.75) is 13.1 Å². The monoisotopic (exact) mass is 466 g/mol. The van der Waals surface area contributed by atoms with Gasteiger partial charge in [-0.3, -0.25) is 9.80 Å². The van der Waals surface area contributed by atoms with Crippen molar-refractivity contribution >= 4 is 22.7 Å². The predicted octanol–water partition coefficient (Wildman–Crippen LogP) is 3.33. The highest BCUT2D eigenvalue weighted by Gasteiger charge is 2.18. The quantitative estimate of drug-likeness (QED) is 0.534. The molecule has 0 aliphatic carbocycles. The number of benzene rings is 3. The first kappa shape index (κ1) is 25.0. The summed E-state index contributed by atoms with van der Waals surface area (Å²) in [5.74, 6) is -2.06. The van der Waals surface area contributed by atoms with Crippen molar-refractivity contribution in [2.24, 2.45) is 0 Å². The maximum Gasteiger partial charge on any atom is 0.414 e. The zero-order valence-corrected chi connectivity index (χ0v) is 19.4. The summed E-state index contributed by atoms with van der Waals surface area (Å²) in [4.78, 5) is 23.3. The molecule has 3 aromatic carbocycles. The van der Waals surface area contributed by atoms with E-state index in [2.05, 4.69) is 64.4 Å². The van der Waals surface area contributed by atoms with E-state index in [1.165, 1.54) is 21.9 Å². The number of hydrogen-bond acceptors (Lipinski definition) is 6. The Bertz CT molecular complexity index is 1110. The van der Waals surface area contributed by atoms with Crippen molar-refractivity contribution < 1.29 is 29.3 Å². The van der Waals surface area contributed by atoms with E-state index in [-0.39, 0.29) is 0 Å². The summed E-state index contributed by atoms with van der Waals surface area (Å²) in [7, 11) is 3.36. The van der Waals surface area contributed by atoms with Crippen LogP contribution >= 0.6 is 0 Å².